The van der Waals surface area contributed by atoms with E-state index in [9.17, 15) is 4.79 Å². The lowest BCUT2D eigenvalue weighted by molar-refractivity contribution is 0.0993. The van der Waals surface area contributed by atoms with Crippen LogP contribution in [0.5, 0.6) is 0 Å². The Kier molecular flexibility index (Phi) is 6.97. The van der Waals surface area contributed by atoms with Gasteiger partial charge in [-0.15, -0.1) is 0 Å². The Labute approximate surface area is 150 Å². The Morgan fingerprint density at radius 2 is 1.88 bits per heavy atom. The maximum absolute atomic E-state index is 11.0. The minimum Gasteiger partial charge on any atom is -0.394 e. The number of Topliss-reactive ketones (excluding diaryl/α,β-unsaturated/α-hetero) is 1. The first kappa shape index (κ1) is 18.8. The van der Waals surface area contributed by atoms with E-state index in [4.69, 9.17) is 16.1 Å². The molecule has 0 radical (unpaired) electrons. The SMILES string of the molecule is N#CCC(=O)c1ccccn1.Nc1cc(-c2ccccn2)nn1CCO. The summed E-state index contributed by atoms with van der Waals surface area (Å²) in [4.78, 5) is 18.9. The number of carbonyl (C=O) groups excluding carboxylic acids is 1. The Morgan fingerprint density at radius 1 is 1.15 bits per heavy atom. The van der Waals surface area contributed by atoms with Gasteiger partial charge in [-0.3, -0.25) is 14.8 Å². The van der Waals surface area contributed by atoms with Crippen LogP contribution in [0.4, 0.5) is 5.82 Å². The van der Waals surface area contributed by atoms with Gasteiger partial charge in [-0.05, 0) is 24.3 Å². The zero-order valence-corrected chi connectivity index (χ0v) is 14.0. The number of aliphatic hydroxyl groups excluding tert-OH is 1. The summed E-state index contributed by atoms with van der Waals surface area (Å²) in [5.74, 6) is 0.304. The van der Waals surface area contributed by atoms with Crippen LogP contribution in [-0.2, 0) is 6.54 Å². The number of pyridine rings is 2. The van der Waals surface area contributed by atoms with Crippen LogP contribution in [0.1, 0.15) is 16.9 Å². The number of aromatic nitrogens is 4. The van der Waals surface area contributed by atoms with Gasteiger partial charge in [0, 0.05) is 18.5 Å². The Morgan fingerprint density at radius 3 is 2.46 bits per heavy atom. The van der Waals surface area contributed by atoms with Crippen molar-refractivity contribution >= 4 is 11.6 Å². The molecule has 0 saturated carbocycles. The molecule has 3 rings (SSSR count). The molecule has 8 nitrogen and oxygen atoms in total. The fraction of sp³-hybridized carbons (Fsp3) is 0.167. The molecule has 0 aromatic carbocycles. The van der Waals surface area contributed by atoms with Crippen LogP contribution in [0.3, 0.4) is 0 Å². The number of nitriles is 1. The van der Waals surface area contributed by atoms with E-state index in [1.165, 1.54) is 6.20 Å². The number of nitrogen functional groups attached to an aromatic ring is 1. The fourth-order valence-corrected chi connectivity index (χ4v) is 2.03. The van der Waals surface area contributed by atoms with Gasteiger partial charge in [-0.25, -0.2) is 4.68 Å². The van der Waals surface area contributed by atoms with Crippen molar-refractivity contribution in [3.8, 4) is 17.5 Å². The van der Waals surface area contributed by atoms with Crippen molar-refractivity contribution in [1.29, 1.82) is 5.26 Å². The summed E-state index contributed by atoms with van der Waals surface area (Å²) in [6, 6.07) is 14.2. The van der Waals surface area contributed by atoms with E-state index in [0.29, 0.717) is 18.1 Å². The average Bonchev–Trinajstić information content (AvgIpc) is 3.05. The first-order chi connectivity index (χ1) is 12.7. The van der Waals surface area contributed by atoms with Crippen LogP contribution in [0.15, 0.2) is 54.9 Å². The van der Waals surface area contributed by atoms with Gasteiger partial charge in [0.1, 0.15) is 23.6 Å². The quantitative estimate of drug-likeness (QED) is 0.669. The molecule has 0 unspecified atom stereocenters. The predicted molar refractivity (Wildman–Crippen MR) is 95.8 cm³/mol. The minimum absolute atomic E-state index is 0.0214. The summed E-state index contributed by atoms with van der Waals surface area (Å²) < 4.78 is 1.56. The molecule has 0 fully saturated rings. The summed E-state index contributed by atoms with van der Waals surface area (Å²) in [7, 11) is 0. The van der Waals surface area contributed by atoms with Gasteiger partial charge in [-0.1, -0.05) is 12.1 Å². The summed E-state index contributed by atoms with van der Waals surface area (Å²) in [6.07, 6.45) is 3.14. The summed E-state index contributed by atoms with van der Waals surface area (Å²) >= 11 is 0. The molecule has 0 bridgehead atoms. The first-order valence-corrected chi connectivity index (χ1v) is 7.82. The highest BCUT2D eigenvalue weighted by molar-refractivity contribution is 5.95. The second-order valence-electron chi connectivity index (χ2n) is 5.09. The smallest absolute Gasteiger partial charge is 0.195 e. The van der Waals surface area contributed by atoms with Gasteiger partial charge in [0.15, 0.2) is 5.78 Å². The van der Waals surface area contributed by atoms with Crippen LogP contribution in [0.25, 0.3) is 11.4 Å². The van der Waals surface area contributed by atoms with Crippen molar-refractivity contribution in [2.75, 3.05) is 12.3 Å². The van der Waals surface area contributed by atoms with Crippen LogP contribution >= 0.6 is 0 Å². The lowest BCUT2D eigenvalue weighted by Crippen LogP contribution is -2.07. The maximum atomic E-state index is 11.0. The molecule has 0 aliphatic rings. The van der Waals surface area contributed by atoms with Crippen molar-refractivity contribution in [2.45, 2.75) is 13.0 Å². The molecule has 0 atom stereocenters. The highest BCUT2D eigenvalue weighted by Gasteiger charge is 2.07. The van der Waals surface area contributed by atoms with E-state index in [1.54, 1.807) is 41.2 Å². The third-order valence-electron chi connectivity index (χ3n) is 3.24. The van der Waals surface area contributed by atoms with E-state index < -0.39 is 0 Å². The van der Waals surface area contributed by atoms with Crippen molar-refractivity contribution in [3.63, 3.8) is 0 Å². The third-order valence-corrected chi connectivity index (χ3v) is 3.24. The van der Waals surface area contributed by atoms with Crippen LogP contribution in [0, 0.1) is 11.3 Å². The van der Waals surface area contributed by atoms with Crippen LogP contribution in [0.2, 0.25) is 0 Å². The molecule has 132 valence electrons. The van der Waals surface area contributed by atoms with E-state index in [-0.39, 0.29) is 18.8 Å². The van der Waals surface area contributed by atoms with E-state index in [0.717, 1.165) is 11.4 Å². The van der Waals surface area contributed by atoms with Crippen molar-refractivity contribution in [3.05, 3.63) is 60.6 Å². The second-order valence-corrected chi connectivity index (χ2v) is 5.09. The highest BCUT2D eigenvalue weighted by atomic mass is 16.3. The van der Waals surface area contributed by atoms with E-state index >= 15 is 0 Å². The number of rotatable bonds is 5. The normalized spacial score (nSPS) is 9.69. The Bertz CT molecular complexity index is 872. The van der Waals surface area contributed by atoms with Crippen LogP contribution < -0.4 is 5.73 Å². The molecule has 26 heavy (non-hydrogen) atoms. The third kappa shape index (κ3) is 5.22. The zero-order valence-electron chi connectivity index (χ0n) is 14.0. The molecule has 0 aliphatic carbocycles. The number of anilines is 1. The Balaban J connectivity index is 0.000000197. The first-order valence-electron chi connectivity index (χ1n) is 7.82. The van der Waals surface area contributed by atoms with Crippen molar-refractivity contribution < 1.29 is 9.90 Å². The summed E-state index contributed by atoms with van der Waals surface area (Å²) in [6.45, 7) is 0.423. The van der Waals surface area contributed by atoms with Gasteiger partial charge in [0.2, 0.25) is 0 Å². The van der Waals surface area contributed by atoms with Crippen molar-refractivity contribution in [1.82, 2.24) is 19.7 Å². The fourth-order valence-electron chi connectivity index (χ4n) is 2.03. The number of hydrogen-bond acceptors (Lipinski definition) is 7. The highest BCUT2D eigenvalue weighted by Crippen LogP contribution is 2.17. The molecule has 3 aromatic rings. The minimum atomic E-state index is -0.229. The largest absolute Gasteiger partial charge is 0.394 e. The molecular weight excluding hydrogens is 332 g/mol. The maximum Gasteiger partial charge on any atom is 0.195 e. The molecular formula is C18H18N6O2. The number of carbonyl (C=O) groups is 1. The van der Waals surface area contributed by atoms with Gasteiger partial charge in [-0.2, -0.15) is 10.4 Å². The number of ketones is 1. The standard InChI is InChI=1S/C10H12N4O.C8H6N2O/c11-10-7-9(13-14(10)5-6-15)8-3-1-2-4-12-8;9-5-4-8(11)7-3-1-2-6-10-7/h1-4,7,15H,5-6,11H2;1-3,6H,4H2. The lowest BCUT2D eigenvalue weighted by atomic mass is 10.2. The van der Waals surface area contributed by atoms with Gasteiger partial charge < -0.3 is 10.8 Å². The summed E-state index contributed by atoms with van der Waals surface area (Å²) in [5.41, 5.74) is 7.58. The number of hydrogen-bond donors (Lipinski definition) is 2. The van der Waals surface area contributed by atoms with Gasteiger partial charge >= 0.3 is 0 Å². The Hall–Kier alpha value is -3.57. The summed E-state index contributed by atoms with van der Waals surface area (Å²) in [5, 5.41) is 21.2. The molecule has 0 amide bonds. The topological polar surface area (TPSA) is 131 Å². The molecule has 3 aromatic heterocycles. The van der Waals surface area contributed by atoms with Crippen LogP contribution in [-0.4, -0.2) is 37.2 Å². The molecule has 8 heteroatoms. The van der Waals surface area contributed by atoms with Gasteiger partial charge in [0.05, 0.1) is 24.9 Å². The number of nitrogens with zero attached hydrogens (tertiary/aromatic N) is 5. The number of nitrogens with two attached hydrogens (primary N) is 1. The monoisotopic (exact) mass is 350 g/mol. The lowest BCUT2D eigenvalue weighted by Gasteiger charge is -1.98. The molecule has 0 saturated heterocycles. The predicted octanol–water partition coefficient (Wildman–Crippen LogP) is 1.70. The molecule has 0 spiro atoms. The van der Waals surface area contributed by atoms with Crippen molar-refractivity contribution in [2.24, 2.45) is 0 Å². The van der Waals surface area contributed by atoms with E-state index in [1.807, 2.05) is 18.2 Å². The molecule has 3 heterocycles. The second kappa shape index (κ2) is 9.66. The molecule has 3 N–H and O–H groups in total. The van der Waals surface area contributed by atoms with E-state index in [2.05, 4.69) is 15.1 Å². The van der Waals surface area contributed by atoms with Gasteiger partial charge in [0.25, 0.3) is 0 Å². The number of aliphatic hydroxyl groups is 1. The zero-order chi connectivity index (χ0) is 18.8. The average molecular weight is 350 g/mol. The molecule has 0 aliphatic heterocycles.